The Morgan fingerprint density at radius 1 is 1.14 bits per heavy atom. The first-order valence-corrected chi connectivity index (χ1v) is 10.6. The summed E-state index contributed by atoms with van der Waals surface area (Å²) in [7, 11) is -2.67. The smallest absolute Gasteiger partial charge is 0.339 e. The van der Waals surface area contributed by atoms with E-state index in [1.165, 1.54) is 44.4 Å². The second-order valence-electron chi connectivity index (χ2n) is 5.86. The minimum Gasteiger partial charge on any atom is -0.465 e. The van der Waals surface area contributed by atoms with Gasteiger partial charge in [-0.25, -0.2) is 13.2 Å². The monoisotopic (exact) mass is 444 g/mol. The number of carbonyl (C=O) groups excluding carboxylic acids is 2. The molecule has 0 fully saturated rings. The number of nitrogens with one attached hydrogen (secondary N) is 1. The van der Waals surface area contributed by atoms with Crippen LogP contribution in [0.3, 0.4) is 0 Å². The highest BCUT2D eigenvalue weighted by Gasteiger charge is 2.31. The van der Waals surface area contributed by atoms with Crippen LogP contribution >= 0.6 is 23.2 Å². The number of esters is 1. The van der Waals surface area contributed by atoms with E-state index in [-0.39, 0.29) is 27.0 Å². The van der Waals surface area contributed by atoms with Gasteiger partial charge in [0.05, 0.1) is 35.3 Å². The number of halogens is 2. The van der Waals surface area contributed by atoms with Gasteiger partial charge in [0.15, 0.2) is 0 Å². The summed E-state index contributed by atoms with van der Waals surface area (Å²) in [5.41, 5.74) is 0.398. The number of anilines is 2. The van der Waals surface area contributed by atoms with Gasteiger partial charge in [-0.15, -0.1) is 0 Å². The predicted molar refractivity (Wildman–Crippen MR) is 110 cm³/mol. The third kappa shape index (κ3) is 4.95. The zero-order valence-electron chi connectivity index (χ0n) is 15.3. The Morgan fingerprint density at radius 2 is 1.79 bits per heavy atom. The molecule has 10 heteroatoms. The van der Waals surface area contributed by atoms with Gasteiger partial charge in [0.25, 0.3) is 0 Å². The van der Waals surface area contributed by atoms with Gasteiger partial charge < -0.3 is 10.1 Å². The number of hydrogen-bond acceptors (Lipinski definition) is 5. The topological polar surface area (TPSA) is 92.8 Å². The Labute approximate surface area is 173 Å². The summed E-state index contributed by atoms with van der Waals surface area (Å²) in [5, 5.41) is 2.94. The van der Waals surface area contributed by atoms with E-state index >= 15 is 0 Å². The van der Waals surface area contributed by atoms with Gasteiger partial charge in [0, 0.05) is 5.02 Å². The third-order valence-corrected chi connectivity index (χ3v) is 5.61. The van der Waals surface area contributed by atoms with Crippen LogP contribution < -0.4 is 9.62 Å². The number of ether oxygens (including phenoxy) is 1. The quantitative estimate of drug-likeness (QED) is 0.687. The number of benzene rings is 2. The number of rotatable bonds is 6. The average Bonchev–Trinajstić information content (AvgIpc) is 2.63. The molecule has 0 spiro atoms. The molecule has 0 unspecified atom stereocenters. The van der Waals surface area contributed by atoms with Crippen LogP contribution in [0.5, 0.6) is 0 Å². The number of sulfonamides is 1. The van der Waals surface area contributed by atoms with Crippen LogP contribution in [-0.2, 0) is 19.6 Å². The van der Waals surface area contributed by atoms with E-state index < -0.39 is 27.9 Å². The first kappa shape index (κ1) is 22.0. The van der Waals surface area contributed by atoms with E-state index in [1.807, 2.05) is 0 Å². The minimum atomic E-state index is -3.89. The maximum Gasteiger partial charge on any atom is 0.339 e. The van der Waals surface area contributed by atoms with Crippen molar-refractivity contribution in [3.05, 3.63) is 58.1 Å². The summed E-state index contributed by atoms with van der Waals surface area (Å²) in [5.74, 6) is -1.31. The van der Waals surface area contributed by atoms with E-state index in [4.69, 9.17) is 27.9 Å². The Morgan fingerprint density at radius 3 is 2.39 bits per heavy atom. The van der Waals surface area contributed by atoms with Crippen LogP contribution in [0.2, 0.25) is 10.0 Å². The zero-order chi connectivity index (χ0) is 21.1. The van der Waals surface area contributed by atoms with Crippen molar-refractivity contribution in [3.63, 3.8) is 0 Å². The molecule has 2 rings (SSSR count). The average molecular weight is 445 g/mol. The third-order valence-electron chi connectivity index (χ3n) is 3.82. The van der Waals surface area contributed by atoms with Crippen LogP contribution in [0.4, 0.5) is 11.4 Å². The molecule has 0 aromatic heterocycles. The Balaban J connectivity index is 2.41. The molecule has 2 aromatic carbocycles. The molecule has 2 aromatic rings. The number of para-hydroxylation sites is 1. The first-order chi connectivity index (χ1) is 13.1. The fourth-order valence-corrected chi connectivity index (χ4v) is 4.16. The van der Waals surface area contributed by atoms with Gasteiger partial charge in [-0.05, 0) is 37.3 Å². The van der Waals surface area contributed by atoms with E-state index in [0.717, 1.165) is 10.6 Å². The molecule has 0 saturated heterocycles. The van der Waals surface area contributed by atoms with E-state index in [0.29, 0.717) is 0 Å². The molecule has 0 aliphatic heterocycles. The highest BCUT2D eigenvalue weighted by molar-refractivity contribution is 7.92. The van der Waals surface area contributed by atoms with Gasteiger partial charge in [0.2, 0.25) is 15.9 Å². The summed E-state index contributed by atoms with van der Waals surface area (Å²) >= 11 is 12.1. The lowest BCUT2D eigenvalue weighted by Gasteiger charge is -2.29. The van der Waals surface area contributed by atoms with Crippen LogP contribution in [0.25, 0.3) is 0 Å². The summed E-state index contributed by atoms with van der Waals surface area (Å²) in [6, 6.07) is 9.34. The molecule has 0 aliphatic rings. The summed E-state index contributed by atoms with van der Waals surface area (Å²) in [6.07, 6.45) is 0.955. The molecule has 0 saturated carbocycles. The number of hydrogen-bond donors (Lipinski definition) is 1. The number of amides is 1. The lowest BCUT2D eigenvalue weighted by atomic mass is 10.1. The largest absolute Gasteiger partial charge is 0.465 e. The van der Waals surface area contributed by atoms with Crippen LogP contribution in [0.15, 0.2) is 42.5 Å². The van der Waals surface area contributed by atoms with Crippen molar-refractivity contribution in [2.75, 3.05) is 23.0 Å². The van der Waals surface area contributed by atoms with Gasteiger partial charge >= 0.3 is 5.97 Å². The lowest BCUT2D eigenvalue weighted by Crippen LogP contribution is -2.45. The van der Waals surface area contributed by atoms with Crippen LogP contribution in [0, 0.1) is 0 Å². The van der Waals surface area contributed by atoms with Crippen LogP contribution in [0.1, 0.15) is 17.3 Å². The van der Waals surface area contributed by atoms with Crippen molar-refractivity contribution < 1.29 is 22.7 Å². The van der Waals surface area contributed by atoms with E-state index in [9.17, 15) is 18.0 Å². The van der Waals surface area contributed by atoms with Gasteiger partial charge in [0.1, 0.15) is 6.04 Å². The molecule has 1 amide bonds. The molecule has 1 atom stereocenters. The van der Waals surface area contributed by atoms with E-state index in [2.05, 4.69) is 5.32 Å². The van der Waals surface area contributed by atoms with Gasteiger partial charge in [-0.3, -0.25) is 9.10 Å². The van der Waals surface area contributed by atoms with Crippen molar-refractivity contribution in [2.45, 2.75) is 13.0 Å². The molecule has 0 heterocycles. The normalized spacial score (nSPS) is 12.2. The highest BCUT2D eigenvalue weighted by Crippen LogP contribution is 2.32. The summed E-state index contributed by atoms with van der Waals surface area (Å²) in [6.45, 7) is 1.40. The summed E-state index contributed by atoms with van der Waals surface area (Å²) < 4.78 is 30.3. The highest BCUT2D eigenvalue weighted by atomic mass is 35.5. The van der Waals surface area contributed by atoms with Crippen molar-refractivity contribution in [1.29, 1.82) is 0 Å². The van der Waals surface area contributed by atoms with Crippen molar-refractivity contribution in [2.24, 2.45) is 0 Å². The molecule has 0 radical (unpaired) electrons. The standard InChI is InChI=1S/C18H18Cl2N2O5S/c1-11(17(23)21-15-7-5-4-6-13(15)18(24)27-2)22(28(3,25)26)16-10-12(19)8-9-14(16)20/h4-11H,1-3H3,(H,21,23)/t11-/m1/s1. The SMILES string of the molecule is COC(=O)c1ccccc1NC(=O)[C@@H](C)N(c1cc(Cl)ccc1Cl)S(C)(=O)=O. The second-order valence-corrected chi connectivity index (χ2v) is 8.56. The fraction of sp³-hybridized carbons (Fsp3) is 0.222. The number of carbonyl (C=O) groups is 2. The van der Waals surface area contributed by atoms with Crippen LogP contribution in [-0.4, -0.2) is 39.7 Å². The van der Waals surface area contributed by atoms with Crippen molar-refractivity contribution in [3.8, 4) is 0 Å². The first-order valence-electron chi connectivity index (χ1n) is 7.99. The van der Waals surface area contributed by atoms with Gasteiger partial charge in [-0.2, -0.15) is 0 Å². The minimum absolute atomic E-state index is 0.0700. The second kappa shape index (κ2) is 8.81. The predicted octanol–water partition coefficient (Wildman–Crippen LogP) is 3.57. The molecule has 150 valence electrons. The maximum atomic E-state index is 12.8. The number of nitrogens with zero attached hydrogens (tertiary/aromatic N) is 1. The van der Waals surface area contributed by atoms with Crippen molar-refractivity contribution in [1.82, 2.24) is 0 Å². The molecular formula is C18H18Cl2N2O5S. The molecule has 0 bridgehead atoms. The molecule has 0 aliphatic carbocycles. The van der Waals surface area contributed by atoms with E-state index in [1.54, 1.807) is 12.1 Å². The fourth-order valence-electron chi connectivity index (χ4n) is 2.55. The molecule has 1 N–H and O–H groups in total. The number of methoxy groups -OCH3 is 1. The Hall–Kier alpha value is -2.29. The Kier molecular flexibility index (Phi) is 6.92. The zero-order valence-corrected chi connectivity index (χ0v) is 17.6. The van der Waals surface area contributed by atoms with Gasteiger partial charge in [-0.1, -0.05) is 35.3 Å². The molecular weight excluding hydrogens is 427 g/mol. The Bertz CT molecular complexity index is 1010. The molecule has 7 nitrogen and oxygen atoms in total. The lowest BCUT2D eigenvalue weighted by molar-refractivity contribution is -0.116. The summed E-state index contributed by atoms with van der Waals surface area (Å²) in [4.78, 5) is 24.7. The molecule has 28 heavy (non-hydrogen) atoms. The van der Waals surface area contributed by atoms with Crippen molar-refractivity contribution >= 4 is 56.5 Å². The maximum absolute atomic E-state index is 12.8.